The summed E-state index contributed by atoms with van der Waals surface area (Å²) in [5, 5.41) is 16.3. The van der Waals surface area contributed by atoms with E-state index in [-0.39, 0.29) is 5.69 Å². The van der Waals surface area contributed by atoms with E-state index in [0.717, 1.165) is 5.56 Å². The first-order valence-electron chi connectivity index (χ1n) is 5.06. The van der Waals surface area contributed by atoms with Gasteiger partial charge in [0.25, 0.3) is 6.43 Å². The van der Waals surface area contributed by atoms with Crippen LogP contribution in [-0.4, -0.2) is 20.1 Å². The van der Waals surface area contributed by atoms with Gasteiger partial charge in [0.15, 0.2) is 0 Å². The fraction of sp³-hybridized carbons (Fsp3) is 0.273. The minimum Gasteiger partial charge on any atom is -0.389 e. The molecule has 0 saturated heterocycles. The molecule has 0 aliphatic rings. The van der Waals surface area contributed by atoms with Gasteiger partial charge < -0.3 is 5.11 Å². The lowest BCUT2D eigenvalue weighted by Crippen LogP contribution is -1.96. The molecule has 0 amide bonds. The highest BCUT2D eigenvalue weighted by molar-refractivity contribution is 5.34. The van der Waals surface area contributed by atoms with Gasteiger partial charge in [-0.25, -0.2) is 13.5 Å². The van der Waals surface area contributed by atoms with Crippen molar-refractivity contribution in [2.45, 2.75) is 19.5 Å². The number of hydrogen-bond donors (Lipinski definition) is 1. The molecular weight excluding hydrogens is 228 g/mol. The third kappa shape index (κ3) is 2.47. The van der Waals surface area contributed by atoms with E-state index < -0.39 is 12.5 Å². The van der Waals surface area contributed by atoms with Gasteiger partial charge in [0, 0.05) is 0 Å². The van der Waals surface area contributed by atoms with Crippen LogP contribution in [0.4, 0.5) is 8.78 Å². The molecule has 0 bridgehead atoms. The Morgan fingerprint density at radius 2 is 1.88 bits per heavy atom. The number of benzene rings is 1. The summed E-state index contributed by atoms with van der Waals surface area (Å²) in [5.74, 6) is 0. The zero-order valence-corrected chi connectivity index (χ0v) is 9.09. The highest BCUT2D eigenvalue weighted by Gasteiger charge is 2.12. The molecule has 0 aliphatic heterocycles. The number of aliphatic hydroxyl groups excluding tert-OH is 1. The fourth-order valence-corrected chi connectivity index (χ4v) is 1.41. The van der Waals surface area contributed by atoms with Crippen LogP contribution < -0.4 is 0 Å². The molecule has 2 aromatic rings. The monoisotopic (exact) mass is 239 g/mol. The van der Waals surface area contributed by atoms with Gasteiger partial charge >= 0.3 is 0 Å². The van der Waals surface area contributed by atoms with Crippen molar-refractivity contribution in [3.63, 3.8) is 0 Å². The maximum Gasteiger partial charge on any atom is 0.283 e. The standard InChI is InChI=1S/C11H11F2N3O/c1-7(17)8-2-4-9(5-3-8)16-6-10(11(12)13)14-15-16/h2-7,11,17H,1H3. The number of alkyl halides is 2. The molecule has 1 aromatic heterocycles. The van der Waals surface area contributed by atoms with Crippen LogP contribution in [0.2, 0.25) is 0 Å². The Labute approximate surface area is 96.5 Å². The molecule has 0 aliphatic carbocycles. The van der Waals surface area contributed by atoms with E-state index in [9.17, 15) is 13.9 Å². The first-order chi connectivity index (χ1) is 8.08. The van der Waals surface area contributed by atoms with E-state index in [4.69, 9.17) is 0 Å². The molecule has 17 heavy (non-hydrogen) atoms. The SMILES string of the molecule is CC(O)c1ccc(-n2cc(C(F)F)nn2)cc1. The van der Waals surface area contributed by atoms with Gasteiger partial charge in [0.2, 0.25) is 0 Å². The summed E-state index contributed by atoms with van der Waals surface area (Å²) in [7, 11) is 0. The number of hydrogen-bond acceptors (Lipinski definition) is 3. The van der Waals surface area contributed by atoms with Crippen molar-refractivity contribution in [3.05, 3.63) is 41.7 Å². The van der Waals surface area contributed by atoms with Gasteiger partial charge in [-0.3, -0.25) is 0 Å². The summed E-state index contributed by atoms with van der Waals surface area (Å²) < 4.78 is 25.9. The van der Waals surface area contributed by atoms with Crippen molar-refractivity contribution < 1.29 is 13.9 Å². The van der Waals surface area contributed by atoms with Crippen molar-refractivity contribution >= 4 is 0 Å². The Kier molecular flexibility index (Phi) is 3.14. The van der Waals surface area contributed by atoms with Crippen LogP contribution in [0.25, 0.3) is 5.69 Å². The molecule has 4 nitrogen and oxygen atoms in total. The van der Waals surface area contributed by atoms with Gasteiger partial charge in [0.1, 0.15) is 5.69 Å². The van der Waals surface area contributed by atoms with Crippen molar-refractivity contribution in [1.82, 2.24) is 15.0 Å². The zero-order chi connectivity index (χ0) is 12.4. The molecular formula is C11H11F2N3O. The summed E-state index contributed by atoms with van der Waals surface area (Å²) in [6.45, 7) is 1.65. The summed E-state index contributed by atoms with van der Waals surface area (Å²) in [5.41, 5.74) is 1.02. The van der Waals surface area contributed by atoms with Crippen molar-refractivity contribution in [1.29, 1.82) is 0 Å². The topological polar surface area (TPSA) is 50.9 Å². The predicted molar refractivity (Wildman–Crippen MR) is 56.9 cm³/mol. The molecule has 1 aromatic carbocycles. The Bertz CT molecular complexity index is 494. The summed E-state index contributed by atoms with van der Waals surface area (Å²) in [6.07, 6.45) is -2.00. The van der Waals surface area contributed by atoms with Crippen LogP contribution in [-0.2, 0) is 0 Å². The largest absolute Gasteiger partial charge is 0.389 e. The van der Waals surface area contributed by atoms with Crippen molar-refractivity contribution in [2.75, 3.05) is 0 Å². The van der Waals surface area contributed by atoms with E-state index in [1.54, 1.807) is 31.2 Å². The van der Waals surface area contributed by atoms with E-state index >= 15 is 0 Å². The number of halogens is 2. The summed E-state index contributed by atoms with van der Waals surface area (Å²) >= 11 is 0. The normalized spacial score (nSPS) is 13.0. The van der Waals surface area contributed by atoms with Gasteiger partial charge in [-0.15, -0.1) is 5.10 Å². The summed E-state index contributed by atoms with van der Waals surface area (Å²) in [4.78, 5) is 0. The number of aromatic nitrogens is 3. The maximum absolute atomic E-state index is 12.3. The average Bonchev–Trinajstić information content (AvgIpc) is 2.78. The average molecular weight is 239 g/mol. The van der Waals surface area contributed by atoms with Crippen LogP contribution in [0.3, 0.4) is 0 Å². The predicted octanol–water partition coefficient (Wildman–Crippen LogP) is 2.26. The van der Waals surface area contributed by atoms with E-state index in [1.165, 1.54) is 10.9 Å². The highest BCUT2D eigenvalue weighted by Crippen LogP contribution is 2.18. The van der Waals surface area contributed by atoms with Gasteiger partial charge in [-0.1, -0.05) is 17.3 Å². The molecule has 1 atom stereocenters. The third-order valence-corrected chi connectivity index (χ3v) is 2.37. The second kappa shape index (κ2) is 4.58. The molecule has 0 saturated carbocycles. The van der Waals surface area contributed by atoms with Gasteiger partial charge in [-0.05, 0) is 24.6 Å². The van der Waals surface area contributed by atoms with Crippen molar-refractivity contribution in [2.24, 2.45) is 0 Å². The Morgan fingerprint density at radius 3 is 2.35 bits per heavy atom. The zero-order valence-electron chi connectivity index (χ0n) is 9.09. The van der Waals surface area contributed by atoms with E-state index in [2.05, 4.69) is 10.3 Å². The van der Waals surface area contributed by atoms with Crippen LogP contribution in [0.5, 0.6) is 0 Å². The minimum absolute atomic E-state index is 0.357. The first-order valence-corrected chi connectivity index (χ1v) is 5.06. The maximum atomic E-state index is 12.3. The van der Waals surface area contributed by atoms with E-state index in [0.29, 0.717) is 5.69 Å². The molecule has 0 spiro atoms. The Morgan fingerprint density at radius 1 is 1.24 bits per heavy atom. The lowest BCUT2D eigenvalue weighted by Gasteiger charge is -2.05. The van der Waals surface area contributed by atoms with Gasteiger partial charge in [-0.2, -0.15) is 0 Å². The number of nitrogens with zero attached hydrogens (tertiary/aromatic N) is 3. The molecule has 1 N–H and O–H groups in total. The van der Waals surface area contributed by atoms with Crippen molar-refractivity contribution in [3.8, 4) is 5.69 Å². The second-order valence-corrected chi connectivity index (χ2v) is 3.66. The second-order valence-electron chi connectivity index (χ2n) is 3.66. The van der Waals surface area contributed by atoms with Crippen LogP contribution in [0, 0.1) is 0 Å². The van der Waals surface area contributed by atoms with E-state index in [1.807, 2.05) is 0 Å². The first kappa shape index (κ1) is 11.7. The summed E-state index contributed by atoms with van der Waals surface area (Å²) in [6, 6.07) is 6.80. The molecule has 90 valence electrons. The third-order valence-electron chi connectivity index (χ3n) is 2.37. The lowest BCUT2D eigenvalue weighted by molar-refractivity contribution is 0.146. The highest BCUT2D eigenvalue weighted by atomic mass is 19.3. The minimum atomic E-state index is -2.62. The molecule has 0 radical (unpaired) electrons. The lowest BCUT2D eigenvalue weighted by atomic mass is 10.1. The molecule has 1 heterocycles. The molecule has 2 rings (SSSR count). The smallest absolute Gasteiger partial charge is 0.283 e. The Balaban J connectivity index is 2.27. The van der Waals surface area contributed by atoms with Crippen LogP contribution in [0.15, 0.2) is 30.5 Å². The Hall–Kier alpha value is -1.82. The molecule has 1 unspecified atom stereocenters. The van der Waals surface area contributed by atoms with Crippen LogP contribution in [0.1, 0.15) is 30.7 Å². The van der Waals surface area contributed by atoms with Crippen LogP contribution >= 0.6 is 0 Å². The quantitative estimate of drug-likeness (QED) is 0.893. The number of aliphatic hydroxyl groups is 1. The van der Waals surface area contributed by atoms with Gasteiger partial charge in [0.05, 0.1) is 18.0 Å². The number of rotatable bonds is 3. The fourth-order valence-electron chi connectivity index (χ4n) is 1.41. The molecule has 0 fully saturated rings. The molecule has 6 heteroatoms.